The zero-order chi connectivity index (χ0) is 25.2. The lowest BCUT2D eigenvalue weighted by Crippen LogP contribution is -2.49. The molecule has 2 N–H and O–H groups in total. The summed E-state index contributed by atoms with van der Waals surface area (Å²) in [7, 11) is 0. The number of aliphatic hydroxyl groups excluding tert-OH is 2. The number of hydrogen-bond acceptors (Lipinski definition) is 5. The van der Waals surface area contributed by atoms with Crippen LogP contribution >= 0.6 is 0 Å². The van der Waals surface area contributed by atoms with Crippen LogP contribution in [-0.2, 0) is 6.42 Å². The molecule has 1 fully saturated rings. The number of rotatable bonds is 10. The van der Waals surface area contributed by atoms with E-state index in [-0.39, 0.29) is 18.6 Å². The van der Waals surface area contributed by atoms with Crippen molar-refractivity contribution in [1.82, 2.24) is 9.80 Å². The number of ether oxygens (including phenoxy) is 1. The second kappa shape index (κ2) is 10.9. The first-order valence-corrected chi connectivity index (χ1v) is 12.3. The average Bonchev–Trinajstić information content (AvgIpc) is 2.81. The fraction of sp³-hybridized carbons (Fsp3) is 0.556. The highest BCUT2D eigenvalue weighted by Gasteiger charge is 2.40. The maximum atomic E-state index is 14.3. The van der Waals surface area contributed by atoms with Crippen LogP contribution in [0.5, 0.6) is 5.75 Å². The number of fused-ring (bicyclic) bond motifs is 1. The SMILES string of the molecule is CC(O)c1ccc2c(c1)C[C@@H](C)N(CC(F)(F)CO)[C@@H]2c1ccc(OCCN2CC(CF)C2)cc1. The summed E-state index contributed by atoms with van der Waals surface area (Å²) in [5.74, 6) is -2.38. The summed E-state index contributed by atoms with van der Waals surface area (Å²) in [6.45, 7) is 4.36. The molecule has 0 amide bonds. The lowest BCUT2D eigenvalue weighted by atomic mass is 9.83. The van der Waals surface area contributed by atoms with Gasteiger partial charge in [-0.25, -0.2) is 8.78 Å². The second-order valence-electron chi connectivity index (χ2n) is 9.97. The first-order valence-electron chi connectivity index (χ1n) is 12.3. The molecule has 0 aliphatic carbocycles. The Hall–Kier alpha value is -2.13. The van der Waals surface area contributed by atoms with Crippen molar-refractivity contribution in [1.29, 1.82) is 0 Å². The van der Waals surface area contributed by atoms with Crippen LogP contribution in [0.1, 0.15) is 48.2 Å². The van der Waals surface area contributed by atoms with Crippen molar-refractivity contribution in [3.05, 3.63) is 64.7 Å². The molecule has 2 aliphatic rings. The largest absolute Gasteiger partial charge is 0.492 e. The van der Waals surface area contributed by atoms with Gasteiger partial charge in [0.05, 0.1) is 25.4 Å². The van der Waals surface area contributed by atoms with E-state index in [1.54, 1.807) is 11.8 Å². The molecule has 1 saturated heterocycles. The quantitative estimate of drug-likeness (QED) is 0.526. The summed E-state index contributed by atoms with van der Waals surface area (Å²) in [5.41, 5.74) is 3.62. The molecule has 1 unspecified atom stereocenters. The molecule has 0 spiro atoms. The molecule has 0 aromatic heterocycles. The number of benzene rings is 2. The van der Waals surface area contributed by atoms with Gasteiger partial charge >= 0.3 is 0 Å². The van der Waals surface area contributed by atoms with Gasteiger partial charge in [-0.2, -0.15) is 0 Å². The molecule has 35 heavy (non-hydrogen) atoms. The highest BCUT2D eigenvalue weighted by atomic mass is 19.3. The van der Waals surface area contributed by atoms with Crippen LogP contribution < -0.4 is 4.74 Å². The molecule has 2 aromatic carbocycles. The zero-order valence-electron chi connectivity index (χ0n) is 20.3. The third-order valence-electron chi connectivity index (χ3n) is 7.13. The Morgan fingerprint density at radius 1 is 1.14 bits per heavy atom. The maximum absolute atomic E-state index is 14.3. The topological polar surface area (TPSA) is 56.2 Å². The third-order valence-corrected chi connectivity index (χ3v) is 7.13. The molecule has 5 nitrogen and oxygen atoms in total. The number of hydrogen-bond donors (Lipinski definition) is 2. The Bertz CT molecular complexity index is 980. The highest BCUT2D eigenvalue weighted by Crippen LogP contribution is 2.40. The number of alkyl halides is 3. The molecule has 8 heteroatoms. The van der Waals surface area contributed by atoms with E-state index in [4.69, 9.17) is 4.74 Å². The van der Waals surface area contributed by atoms with Crippen LogP contribution in [-0.4, -0.2) is 78.0 Å². The minimum Gasteiger partial charge on any atom is -0.492 e. The summed E-state index contributed by atoms with van der Waals surface area (Å²) < 4.78 is 47.1. The van der Waals surface area contributed by atoms with Crippen LogP contribution in [0, 0.1) is 5.92 Å². The highest BCUT2D eigenvalue weighted by molar-refractivity contribution is 5.44. The van der Waals surface area contributed by atoms with Gasteiger partial charge in [-0.15, -0.1) is 0 Å². The van der Waals surface area contributed by atoms with Gasteiger partial charge in [-0.05, 0) is 54.7 Å². The van der Waals surface area contributed by atoms with Gasteiger partial charge < -0.3 is 14.9 Å². The van der Waals surface area contributed by atoms with Gasteiger partial charge in [-0.1, -0.05) is 30.3 Å². The second-order valence-corrected chi connectivity index (χ2v) is 9.97. The average molecular weight is 493 g/mol. The minimum absolute atomic E-state index is 0.146. The lowest BCUT2D eigenvalue weighted by molar-refractivity contribution is -0.0862. The van der Waals surface area contributed by atoms with Gasteiger partial charge in [0.25, 0.3) is 5.92 Å². The van der Waals surface area contributed by atoms with E-state index in [9.17, 15) is 23.4 Å². The summed E-state index contributed by atoms with van der Waals surface area (Å²) in [6, 6.07) is 12.6. The van der Waals surface area contributed by atoms with Gasteiger partial charge in [0, 0.05) is 31.6 Å². The number of halogens is 3. The molecular formula is C27H35F3N2O3. The van der Waals surface area contributed by atoms with E-state index in [1.165, 1.54) is 0 Å². The van der Waals surface area contributed by atoms with Crippen molar-refractivity contribution < 1.29 is 28.1 Å². The fourth-order valence-corrected chi connectivity index (χ4v) is 5.13. The van der Waals surface area contributed by atoms with Crippen LogP contribution in [0.4, 0.5) is 13.2 Å². The van der Waals surface area contributed by atoms with E-state index >= 15 is 0 Å². The van der Waals surface area contributed by atoms with Gasteiger partial charge in [0.1, 0.15) is 19.0 Å². The van der Waals surface area contributed by atoms with Crippen LogP contribution in [0.15, 0.2) is 42.5 Å². The van der Waals surface area contributed by atoms with Crippen molar-refractivity contribution in [2.45, 2.75) is 44.4 Å². The van der Waals surface area contributed by atoms with Gasteiger partial charge in [0.15, 0.2) is 0 Å². The molecule has 0 bridgehead atoms. The van der Waals surface area contributed by atoms with E-state index in [0.29, 0.717) is 18.8 Å². The predicted octanol–water partition coefficient (Wildman–Crippen LogP) is 3.98. The lowest BCUT2D eigenvalue weighted by Gasteiger charge is -2.43. The van der Waals surface area contributed by atoms with Gasteiger partial charge in [0.2, 0.25) is 0 Å². The maximum Gasteiger partial charge on any atom is 0.283 e. The van der Waals surface area contributed by atoms with E-state index in [1.807, 2.05) is 49.4 Å². The van der Waals surface area contributed by atoms with Crippen LogP contribution in [0.2, 0.25) is 0 Å². The molecule has 2 aromatic rings. The number of likely N-dealkylation sites (tertiary alicyclic amines) is 1. The zero-order valence-corrected chi connectivity index (χ0v) is 20.3. The molecule has 2 heterocycles. The summed E-state index contributed by atoms with van der Waals surface area (Å²) >= 11 is 0. The number of nitrogens with zero attached hydrogens (tertiary/aromatic N) is 2. The molecule has 2 aliphatic heterocycles. The Kier molecular flexibility index (Phi) is 8.06. The van der Waals surface area contributed by atoms with Crippen molar-refractivity contribution >= 4 is 0 Å². The number of aliphatic hydroxyl groups is 2. The normalized spacial score (nSPS) is 22.5. The van der Waals surface area contributed by atoms with Crippen molar-refractivity contribution in [3.8, 4) is 5.75 Å². The minimum atomic E-state index is -3.22. The van der Waals surface area contributed by atoms with Gasteiger partial charge in [-0.3, -0.25) is 14.2 Å². The predicted molar refractivity (Wildman–Crippen MR) is 129 cm³/mol. The van der Waals surface area contributed by atoms with Crippen molar-refractivity contribution in [2.24, 2.45) is 5.92 Å². The fourth-order valence-electron chi connectivity index (χ4n) is 5.13. The van der Waals surface area contributed by atoms with Crippen LogP contribution in [0.3, 0.4) is 0 Å². The summed E-state index contributed by atoms with van der Waals surface area (Å²) in [6.07, 6.45) is -0.0316. The van der Waals surface area contributed by atoms with Crippen LogP contribution in [0.25, 0.3) is 0 Å². The molecule has 3 atom stereocenters. The summed E-state index contributed by atoms with van der Waals surface area (Å²) in [4.78, 5) is 3.90. The first-order chi connectivity index (χ1) is 16.7. The smallest absolute Gasteiger partial charge is 0.283 e. The Labute approximate surface area is 205 Å². The third kappa shape index (κ3) is 6.00. The molecule has 4 rings (SSSR count). The summed E-state index contributed by atoms with van der Waals surface area (Å²) in [5, 5.41) is 19.2. The van der Waals surface area contributed by atoms with E-state index < -0.39 is 31.2 Å². The Balaban J connectivity index is 1.54. The Morgan fingerprint density at radius 2 is 1.86 bits per heavy atom. The van der Waals surface area contributed by atoms with Crippen molar-refractivity contribution in [3.63, 3.8) is 0 Å². The molecule has 0 radical (unpaired) electrons. The monoisotopic (exact) mass is 492 g/mol. The molecular weight excluding hydrogens is 457 g/mol. The van der Waals surface area contributed by atoms with Crippen molar-refractivity contribution in [2.75, 3.05) is 46.1 Å². The molecule has 192 valence electrons. The molecule has 0 saturated carbocycles. The first kappa shape index (κ1) is 25.9. The van der Waals surface area contributed by atoms with E-state index in [0.717, 1.165) is 41.9 Å². The Morgan fingerprint density at radius 3 is 2.49 bits per heavy atom. The standard InChI is InChI=1S/C27H35F3N2O3/c1-18-11-23-12-22(19(2)34)5-8-25(23)26(32(18)16-27(29,30)17-33)21-3-6-24(7-4-21)35-10-9-31-14-20(13-28)15-31/h3-8,12,18-20,26,33-34H,9-11,13-17H2,1-2H3/t18-,19?,26-/m1/s1. The van der Waals surface area contributed by atoms with E-state index in [2.05, 4.69) is 4.90 Å².